The molecule has 0 unspecified atom stereocenters. The number of carbonyl (C=O) groups excluding carboxylic acids is 1. The number of nitrogens with one attached hydrogen (secondary N) is 3. The fourth-order valence-electron chi connectivity index (χ4n) is 2.32. The van der Waals surface area contributed by atoms with Crippen molar-refractivity contribution in [2.24, 2.45) is 0 Å². The monoisotopic (exact) mass is 297 g/mol. The van der Waals surface area contributed by atoms with E-state index in [9.17, 15) is 4.79 Å². The largest absolute Gasteiger partial charge is 0.493 e. The Morgan fingerprint density at radius 3 is 3.09 bits per heavy atom. The van der Waals surface area contributed by atoms with E-state index in [0.29, 0.717) is 18.0 Å². The van der Waals surface area contributed by atoms with Crippen LogP contribution >= 0.6 is 0 Å². The lowest BCUT2D eigenvalue weighted by molar-refractivity contribution is 0.102. The van der Waals surface area contributed by atoms with Crippen LogP contribution in [0.4, 0.5) is 5.95 Å². The van der Waals surface area contributed by atoms with Crippen molar-refractivity contribution in [1.82, 2.24) is 30.8 Å². The van der Waals surface area contributed by atoms with E-state index in [0.717, 1.165) is 23.3 Å². The van der Waals surface area contributed by atoms with Crippen molar-refractivity contribution in [3.63, 3.8) is 0 Å². The van der Waals surface area contributed by atoms with E-state index in [1.807, 2.05) is 18.2 Å². The molecule has 0 fully saturated rings. The van der Waals surface area contributed by atoms with E-state index in [1.165, 1.54) is 0 Å². The molecule has 3 heterocycles. The van der Waals surface area contributed by atoms with Gasteiger partial charge in [-0.15, -0.1) is 5.10 Å². The van der Waals surface area contributed by atoms with Crippen molar-refractivity contribution in [2.75, 3.05) is 11.9 Å². The number of rotatable bonds is 3. The Balaban J connectivity index is 1.57. The van der Waals surface area contributed by atoms with E-state index in [4.69, 9.17) is 4.74 Å². The van der Waals surface area contributed by atoms with Crippen molar-refractivity contribution in [3.05, 3.63) is 35.5 Å². The molecule has 0 saturated heterocycles. The number of nitrogens with zero attached hydrogens (tertiary/aromatic N) is 4. The van der Waals surface area contributed by atoms with Gasteiger partial charge in [0.2, 0.25) is 0 Å². The zero-order valence-electron chi connectivity index (χ0n) is 11.3. The lowest BCUT2D eigenvalue weighted by Crippen LogP contribution is -2.13. The molecule has 3 N–H and O–H groups in total. The summed E-state index contributed by atoms with van der Waals surface area (Å²) in [5.41, 5.74) is 3.09. The Bertz CT molecular complexity index is 825. The number of tetrazole rings is 1. The third-order valence-corrected chi connectivity index (χ3v) is 3.38. The van der Waals surface area contributed by atoms with Gasteiger partial charge in [0, 0.05) is 12.0 Å². The van der Waals surface area contributed by atoms with Crippen LogP contribution < -0.4 is 10.1 Å². The fourth-order valence-corrected chi connectivity index (χ4v) is 2.32. The first-order chi connectivity index (χ1) is 10.8. The normalized spacial score (nSPS) is 12.7. The van der Waals surface area contributed by atoms with Gasteiger partial charge in [0.05, 0.1) is 12.3 Å². The molecule has 0 spiro atoms. The van der Waals surface area contributed by atoms with Crippen LogP contribution in [0.5, 0.6) is 5.75 Å². The number of H-pyrrole nitrogens is 2. The molecule has 0 atom stereocenters. The molecule has 1 aliphatic heterocycles. The summed E-state index contributed by atoms with van der Waals surface area (Å²) >= 11 is 0. The molecule has 1 aromatic carbocycles. The summed E-state index contributed by atoms with van der Waals surface area (Å²) < 4.78 is 5.48. The minimum absolute atomic E-state index is 0.107. The Kier molecular flexibility index (Phi) is 2.81. The number of benzene rings is 1. The van der Waals surface area contributed by atoms with Crippen molar-refractivity contribution in [2.45, 2.75) is 6.42 Å². The number of anilines is 1. The highest BCUT2D eigenvalue weighted by molar-refractivity contribution is 6.02. The van der Waals surface area contributed by atoms with E-state index in [2.05, 4.69) is 36.1 Å². The number of hydrogen-bond donors (Lipinski definition) is 3. The third-order valence-electron chi connectivity index (χ3n) is 3.38. The van der Waals surface area contributed by atoms with Crippen LogP contribution in [0.15, 0.2) is 24.3 Å². The number of carbonyl (C=O) groups is 1. The predicted octanol–water partition coefficient (Wildman–Crippen LogP) is 0.777. The minimum atomic E-state index is -0.385. The van der Waals surface area contributed by atoms with Gasteiger partial charge in [-0.3, -0.25) is 15.2 Å². The molecule has 0 aliphatic carbocycles. The second-order valence-corrected chi connectivity index (χ2v) is 4.78. The first-order valence-corrected chi connectivity index (χ1v) is 6.66. The highest BCUT2D eigenvalue weighted by atomic mass is 16.5. The number of ether oxygens (including phenoxy) is 1. The summed E-state index contributed by atoms with van der Waals surface area (Å²) in [7, 11) is 0. The summed E-state index contributed by atoms with van der Waals surface area (Å²) in [6.45, 7) is 0.706. The number of fused-ring (bicyclic) bond motifs is 1. The van der Waals surface area contributed by atoms with E-state index < -0.39 is 0 Å². The maximum atomic E-state index is 12.0. The fraction of sp³-hybridized carbons (Fsp3) is 0.154. The quantitative estimate of drug-likeness (QED) is 0.656. The molecule has 0 radical (unpaired) electrons. The van der Waals surface area contributed by atoms with Crippen LogP contribution in [-0.4, -0.2) is 43.3 Å². The maximum absolute atomic E-state index is 12.0. The average molecular weight is 297 g/mol. The molecule has 0 saturated carbocycles. The van der Waals surface area contributed by atoms with Crippen LogP contribution in [0.25, 0.3) is 11.3 Å². The van der Waals surface area contributed by atoms with Crippen LogP contribution in [0, 0.1) is 0 Å². The Morgan fingerprint density at radius 2 is 2.23 bits per heavy atom. The van der Waals surface area contributed by atoms with Gasteiger partial charge >= 0.3 is 0 Å². The highest BCUT2D eigenvalue weighted by Gasteiger charge is 2.16. The Hall–Kier alpha value is -3.23. The van der Waals surface area contributed by atoms with E-state index >= 15 is 0 Å². The summed E-state index contributed by atoms with van der Waals surface area (Å²) in [6.07, 6.45) is 0.888. The van der Waals surface area contributed by atoms with E-state index in [1.54, 1.807) is 6.07 Å². The number of aromatic nitrogens is 6. The lowest BCUT2D eigenvalue weighted by Gasteiger charge is -2.00. The summed E-state index contributed by atoms with van der Waals surface area (Å²) in [6, 6.07) is 7.54. The van der Waals surface area contributed by atoms with Crippen molar-refractivity contribution in [1.29, 1.82) is 0 Å². The van der Waals surface area contributed by atoms with Gasteiger partial charge in [0.1, 0.15) is 11.4 Å². The van der Waals surface area contributed by atoms with E-state index in [-0.39, 0.29) is 11.9 Å². The highest BCUT2D eigenvalue weighted by Crippen LogP contribution is 2.29. The molecular formula is C13H11N7O2. The molecule has 1 amide bonds. The minimum Gasteiger partial charge on any atom is -0.493 e. The number of hydrogen-bond acceptors (Lipinski definition) is 6. The molecule has 110 valence electrons. The molecule has 9 nitrogen and oxygen atoms in total. The molecule has 0 bridgehead atoms. The molecule has 1 aliphatic rings. The van der Waals surface area contributed by atoms with Crippen LogP contribution in [0.2, 0.25) is 0 Å². The zero-order valence-corrected chi connectivity index (χ0v) is 11.3. The Labute approximate surface area is 124 Å². The zero-order chi connectivity index (χ0) is 14.9. The average Bonchev–Trinajstić information content (AvgIpc) is 3.27. The third kappa shape index (κ3) is 2.18. The second-order valence-electron chi connectivity index (χ2n) is 4.78. The molecule has 22 heavy (non-hydrogen) atoms. The maximum Gasteiger partial charge on any atom is 0.276 e. The first kappa shape index (κ1) is 12.5. The first-order valence-electron chi connectivity index (χ1n) is 6.66. The Morgan fingerprint density at radius 1 is 1.27 bits per heavy atom. The van der Waals surface area contributed by atoms with Gasteiger partial charge in [0.25, 0.3) is 11.9 Å². The standard InChI is InChI=1S/C13H11N7O2/c21-12(14-13-17-19-20-18-13)10-6-9(15-16-10)7-1-2-11-8(5-7)3-4-22-11/h1-2,5-6H,3-4H2,(H,15,16)(H2,14,17,18,19,20,21). The summed E-state index contributed by atoms with van der Waals surface area (Å²) in [5.74, 6) is 0.634. The van der Waals surface area contributed by atoms with Crippen LogP contribution in [0.1, 0.15) is 16.1 Å². The molecule has 4 rings (SSSR count). The molecule has 2 aromatic heterocycles. The SMILES string of the molecule is O=C(Nc1nn[nH]n1)c1cc(-c2ccc3c(c2)CCO3)n[nH]1. The van der Waals surface area contributed by atoms with Gasteiger partial charge in [-0.05, 0) is 35.0 Å². The van der Waals surface area contributed by atoms with Crippen LogP contribution in [-0.2, 0) is 6.42 Å². The van der Waals surface area contributed by atoms with Crippen LogP contribution in [0.3, 0.4) is 0 Å². The number of amides is 1. The van der Waals surface area contributed by atoms with Gasteiger partial charge in [0.15, 0.2) is 0 Å². The van der Waals surface area contributed by atoms with Gasteiger partial charge in [-0.2, -0.15) is 10.3 Å². The van der Waals surface area contributed by atoms with Gasteiger partial charge in [-0.25, -0.2) is 0 Å². The van der Waals surface area contributed by atoms with Crippen molar-refractivity contribution < 1.29 is 9.53 Å². The molecule has 9 heteroatoms. The second kappa shape index (κ2) is 4.95. The smallest absolute Gasteiger partial charge is 0.276 e. The van der Waals surface area contributed by atoms with Gasteiger partial charge < -0.3 is 4.74 Å². The summed E-state index contributed by atoms with van der Waals surface area (Å²) in [4.78, 5) is 12.0. The topological polar surface area (TPSA) is 121 Å². The van der Waals surface area contributed by atoms with Gasteiger partial charge in [-0.1, -0.05) is 5.10 Å². The summed E-state index contributed by atoms with van der Waals surface area (Å²) in [5, 5.41) is 22.3. The van der Waals surface area contributed by atoms with Crippen molar-refractivity contribution >= 4 is 11.9 Å². The van der Waals surface area contributed by atoms with Crippen molar-refractivity contribution in [3.8, 4) is 17.0 Å². The lowest BCUT2D eigenvalue weighted by atomic mass is 10.1. The predicted molar refractivity (Wildman–Crippen MR) is 75.4 cm³/mol. The molecule has 3 aromatic rings. The number of aromatic amines is 2. The molecular weight excluding hydrogens is 286 g/mol.